The van der Waals surface area contributed by atoms with Gasteiger partial charge in [0.05, 0.1) is 18.6 Å². The normalized spacial score (nSPS) is 15.2. The number of rotatable bonds is 19. The fourth-order valence-corrected chi connectivity index (χ4v) is 8.43. The van der Waals surface area contributed by atoms with E-state index in [-0.39, 0.29) is 55.7 Å². The van der Waals surface area contributed by atoms with Crippen molar-refractivity contribution < 1.29 is 46.6 Å². The van der Waals surface area contributed by atoms with Crippen LogP contribution in [0.2, 0.25) is 0 Å². The molecule has 0 amide bonds. The van der Waals surface area contributed by atoms with E-state index in [1.807, 2.05) is 50.2 Å². The van der Waals surface area contributed by atoms with Crippen molar-refractivity contribution in [1.82, 2.24) is 0 Å². The van der Waals surface area contributed by atoms with Crippen molar-refractivity contribution in [2.45, 2.75) is 90.3 Å². The van der Waals surface area contributed by atoms with Crippen molar-refractivity contribution in [3.05, 3.63) is 177 Å². The van der Waals surface area contributed by atoms with E-state index < -0.39 is 29.1 Å². The van der Waals surface area contributed by atoms with Crippen molar-refractivity contribution in [3.8, 4) is 11.1 Å². The molecule has 326 valence electrons. The molecule has 1 aliphatic carbocycles. The maximum absolute atomic E-state index is 14.1. The Morgan fingerprint density at radius 3 is 2.13 bits per heavy atom. The molecular formula is C53H51F3O7. The van der Waals surface area contributed by atoms with Crippen LogP contribution in [-0.4, -0.2) is 35.9 Å². The van der Waals surface area contributed by atoms with Crippen molar-refractivity contribution in [3.63, 3.8) is 0 Å². The Bertz CT molecular complexity index is 2490. The number of ether oxygens (including phenoxy) is 2. The van der Waals surface area contributed by atoms with Gasteiger partial charge in [0, 0.05) is 35.4 Å². The van der Waals surface area contributed by atoms with Gasteiger partial charge in [-0.15, -0.1) is 0 Å². The number of hydrogen-bond acceptors (Lipinski definition) is 7. The molecule has 2 atom stereocenters. The van der Waals surface area contributed by atoms with Crippen LogP contribution < -0.4 is 0 Å². The lowest BCUT2D eigenvalue weighted by Crippen LogP contribution is -2.43. The second kappa shape index (κ2) is 20.6. The summed E-state index contributed by atoms with van der Waals surface area (Å²) in [4.78, 5) is 68.2. The molecule has 7 nitrogen and oxygen atoms in total. The summed E-state index contributed by atoms with van der Waals surface area (Å²) in [6, 6.07) is 33.0. The molecule has 6 rings (SSSR count). The molecule has 0 fully saturated rings. The lowest BCUT2D eigenvalue weighted by atomic mass is 9.67. The first kappa shape index (κ1) is 46.1. The molecule has 0 aromatic heterocycles. The zero-order chi connectivity index (χ0) is 45.1. The molecule has 0 saturated carbocycles. The average molecular weight is 857 g/mol. The monoisotopic (exact) mass is 856 g/mol. The number of hydrogen-bond donors (Lipinski definition) is 0. The maximum Gasteiger partial charge on any atom is 0.416 e. The van der Waals surface area contributed by atoms with Gasteiger partial charge in [-0.3, -0.25) is 24.0 Å². The van der Waals surface area contributed by atoms with E-state index in [4.69, 9.17) is 9.47 Å². The Morgan fingerprint density at radius 2 is 1.43 bits per heavy atom. The van der Waals surface area contributed by atoms with Crippen LogP contribution in [0.25, 0.3) is 11.1 Å². The number of carbonyl (C=O) groups is 5. The summed E-state index contributed by atoms with van der Waals surface area (Å²) in [5, 5.41) is 0. The zero-order valence-electron chi connectivity index (χ0n) is 35.8. The van der Waals surface area contributed by atoms with E-state index in [9.17, 15) is 37.1 Å². The molecule has 10 heteroatoms. The van der Waals surface area contributed by atoms with E-state index in [1.54, 1.807) is 67.6 Å². The summed E-state index contributed by atoms with van der Waals surface area (Å²) in [6.45, 7) is 5.56. The summed E-state index contributed by atoms with van der Waals surface area (Å²) < 4.78 is 51.3. The number of alkyl halides is 3. The minimum atomic E-state index is -4.47. The molecule has 0 heterocycles. The van der Waals surface area contributed by atoms with Gasteiger partial charge in [-0.2, -0.15) is 13.2 Å². The second-order valence-electron chi connectivity index (χ2n) is 16.0. The van der Waals surface area contributed by atoms with Crippen LogP contribution in [0.15, 0.2) is 133 Å². The fraction of sp³-hybridized carbons (Fsp3) is 0.302. The molecule has 1 aliphatic rings. The summed E-state index contributed by atoms with van der Waals surface area (Å²) in [5.41, 5.74) is 3.26. The molecule has 5 aromatic carbocycles. The van der Waals surface area contributed by atoms with Crippen LogP contribution in [0.5, 0.6) is 0 Å². The third-order valence-electron chi connectivity index (χ3n) is 11.9. The van der Waals surface area contributed by atoms with E-state index >= 15 is 0 Å². The van der Waals surface area contributed by atoms with Crippen LogP contribution in [0.3, 0.4) is 0 Å². The standard InChI is InChI=1S/C53H51F3O7/c1-4-14-38(5-2)50(60)45-32-37(23-24-39(45)17-13-22-47(57)43-19-10-9-18-42(43)40-25-27-41(28-26-40)53(54,55)56)33-49(59)62-30-29-52(51(61)63-34-36-15-7-6-8-16-36)35(3)31-48(58)44-20-11-12-21-46(44)52/h6-12,15-16,18-21,23-28,31-32,38H,4-5,13-14,17,22,29-30,33-34H2,1-3H3. The highest BCUT2D eigenvalue weighted by molar-refractivity contribution is 6.11. The minimum absolute atomic E-state index is 0.0228. The minimum Gasteiger partial charge on any atom is -0.465 e. The SMILES string of the molecule is CCCC(CC)C(=O)c1cc(CC(=O)OCCC2(C(=O)OCc3ccccc3)C(C)=CC(=O)c3ccccc32)ccc1CCCC(=O)c1ccccc1-c1ccc(C(F)(F)F)cc1. The summed E-state index contributed by atoms with van der Waals surface area (Å²) >= 11 is 0. The van der Waals surface area contributed by atoms with Crippen LogP contribution in [0.1, 0.15) is 118 Å². The lowest BCUT2D eigenvalue weighted by Gasteiger charge is -2.36. The predicted molar refractivity (Wildman–Crippen MR) is 235 cm³/mol. The lowest BCUT2D eigenvalue weighted by molar-refractivity contribution is -0.153. The molecular weight excluding hydrogens is 806 g/mol. The quantitative estimate of drug-likeness (QED) is 0.0602. The number of allylic oxidation sites excluding steroid dienone is 1. The molecule has 0 bridgehead atoms. The van der Waals surface area contributed by atoms with E-state index in [2.05, 4.69) is 0 Å². The molecule has 0 spiro atoms. The van der Waals surface area contributed by atoms with Crippen LogP contribution in [-0.2, 0) is 50.1 Å². The Kier molecular flexibility index (Phi) is 15.1. The summed E-state index contributed by atoms with van der Waals surface area (Å²) in [7, 11) is 0. The summed E-state index contributed by atoms with van der Waals surface area (Å²) in [6.07, 6.45) is -0.0507. The molecule has 2 unspecified atom stereocenters. The molecule has 0 aliphatic heterocycles. The van der Waals surface area contributed by atoms with E-state index in [0.717, 1.165) is 29.7 Å². The third kappa shape index (κ3) is 10.8. The highest BCUT2D eigenvalue weighted by Gasteiger charge is 2.48. The number of halogens is 3. The third-order valence-corrected chi connectivity index (χ3v) is 11.9. The Hall–Kier alpha value is -6.42. The van der Waals surface area contributed by atoms with Crippen molar-refractivity contribution in [1.29, 1.82) is 0 Å². The Morgan fingerprint density at radius 1 is 0.746 bits per heavy atom. The molecule has 0 saturated heterocycles. The molecule has 0 radical (unpaired) electrons. The van der Waals surface area contributed by atoms with Gasteiger partial charge in [-0.1, -0.05) is 123 Å². The number of aryl methyl sites for hydroxylation is 1. The topological polar surface area (TPSA) is 104 Å². The highest BCUT2D eigenvalue weighted by Crippen LogP contribution is 2.43. The molecule has 0 N–H and O–H groups in total. The Labute approximate surface area is 366 Å². The first-order valence-corrected chi connectivity index (χ1v) is 21.4. The van der Waals surface area contributed by atoms with Gasteiger partial charge in [-0.05, 0) is 95.8 Å². The molecule has 5 aromatic rings. The number of Topliss-reactive ketones (excluding diaryl/α,β-unsaturated/α-hetero) is 2. The van der Waals surface area contributed by atoms with Gasteiger partial charge >= 0.3 is 18.1 Å². The summed E-state index contributed by atoms with van der Waals surface area (Å²) in [5.74, 6) is -1.78. The highest BCUT2D eigenvalue weighted by atomic mass is 19.4. The van der Waals surface area contributed by atoms with Crippen LogP contribution in [0, 0.1) is 5.92 Å². The first-order valence-electron chi connectivity index (χ1n) is 21.4. The predicted octanol–water partition coefficient (Wildman–Crippen LogP) is 11.9. The van der Waals surface area contributed by atoms with Gasteiger partial charge < -0.3 is 9.47 Å². The fourth-order valence-electron chi connectivity index (χ4n) is 8.43. The largest absolute Gasteiger partial charge is 0.465 e. The number of fused-ring (bicyclic) bond motifs is 1. The second-order valence-corrected chi connectivity index (χ2v) is 16.0. The van der Waals surface area contributed by atoms with E-state index in [0.29, 0.717) is 70.2 Å². The number of carbonyl (C=O) groups excluding carboxylic acids is 5. The number of benzene rings is 5. The van der Waals surface area contributed by atoms with Crippen LogP contribution >= 0.6 is 0 Å². The maximum atomic E-state index is 14.1. The average Bonchev–Trinajstić information content (AvgIpc) is 3.28. The first-order chi connectivity index (χ1) is 30.3. The van der Waals surface area contributed by atoms with Gasteiger partial charge in [0.2, 0.25) is 0 Å². The zero-order valence-corrected chi connectivity index (χ0v) is 35.8. The molecule has 63 heavy (non-hydrogen) atoms. The smallest absolute Gasteiger partial charge is 0.416 e. The van der Waals surface area contributed by atoms with Crippen molar-refractivity contribution in [2.75, 3.05) is 6.61 Å². The van der Waals surface area contributed by atoms with Gasteiger partial charge in [-0.25, -0.2) is 0 Å². The van der Waals surface area contributed by atoms with Gasteiger partial charge in [0.1, 0.15) is 12.0 Å². The Balaban J connectivity index is 1.16. The van der Waals surface area contributed by atoms with Gasteiger partial charge in [0.25, 0.3) is 0 Å². The van der Waals surface area contributed by atoms with Crippen molar-refractivity contribution in [2.24, 2.45) is 5.92 Å². The van der Waals surface area contributed by atoms with Crippen LogP contribution in [0.4, 0.5) is 13.2 Å². The number of esters is 2. The van der Waals surface area contributed by atoms with E-state index in [1.165, 1.54) is 18.2 Å². The number of ketones is 3. The van der Waals surface area contributed by atoms with Gasteiger partial charge in [0.15, 0.2) is 17.3 Å². The van der Waals surface area contributed by atoms with Crippen molar-refractivity contribution >= 4 is 29.3 Å².